The summed E-state index contributed by atoms with van der Waals surface area (Å²) < 4.78 is 75.0. The number of piperazine rings is 1. The minimum Gasteiger partial charge on any atom is -0.388 e. The number of piperidine rings is 2. The van der Waals surface area contributed by atoms with E-state index in [1.165, 1.54) is 21.9 Å². The number of nitrogens with zero attached hydrogens (tertiary/aromatic N) is 7. The van der Waals surface area contributed by atoms with Gasteiger partial charge >= 0.3 is 0 Å². The Bertz CT molecular complexity index is 2280. The molecule has 9 rings (SSSR count). The number of hydrogen-bond acceptors (Lipinski definition) is 9. The van der Waals surface area contributed by atoms with E-state index in [9.17, 15) is 27.6 Å². The van der Waals surface area contributed by atoms with Crippen molar-refractivity contribution in [2.75, 3.05) is 86.5 Å². The minimum absolute atomic E-state index is 0.0997. The predicted molar refractivity (Wildman–Crippen MR) is 228 cm³/mol. The molecule has 0 spiro atoms. The molecule has 3 fully saturated rings. The van der Waals surface area contributed by atoms with E-state index in [1.54, 1.807) is 19.2 Å². The molecule has 0 bridgehead atoms. The zero-order valence-electron chi connectivity index (χ0n) is 35.4. The van der Waals surface area contributed by atoms with Gasteiger partial charge in [-0.1, -0.05) is 23.2 Å². The van der Waals surface area contributed by atoms with Crippen molar-refractivity contribution >= 4 is 46.5 Å². The maximum absolute atomic E-state index is 16.4. The minimum atomic E-state index is -2.68. The van der Waals surface area contributed by atoms with Crippen LogP contribution in [0.1, 0.15) is 76.8 Å². The van der Waals surface area contributed by atoms with Crippen LogP contribution in [0, 0.1) is 17.6 Å². The molecule has 330 valence electrons. The number of likely N-dealkylation sites (N-methyl/N-ethyl adjacent to an activating group) is 1. The third-order valence-corrected chi connectivity index (χ3v) is 14.3. The number of imide groups is 1. The highest BCUT2D eigenvalue weighted by molar-refractivity contribution is 6.06. The Kier molecular flexibility index (Phi) is 11.2. The van der Waals surface area contributed by atoms with E-state index in [0.717, 1.165) is 79.3 Å². The van der Waals surface area contributed by atoms with E-state index in [4.69, 9.17) is 0 Å². The molecular formula is C46H53F5N8O3. The Labute approximate surface area is 358 Å². The number of benzene rings is 3. The van der Waals surface area contributed by atoms with Gasteiger partial charge in [-0.05, 0) is 85.5 Å². The summed E-state index contributed by atoms with van der Waals surface area (Å²) in [6, 6.07) is 8.00. The van der Waals surface area contributed by atoms with Crippen molar-refractivity contribution in [2.45, 2.75) is 76.2 Å². The number of amides is 3. The van der Waals surface area contributed by atoms with Crippen molar-refractivity contribution in [1.29, 1.82) is 0 Å². The molecule has 6 aliphatic rings. The van der Waals surface area contributed by atoms with Gasteiger partial charge in [-0.2, -0.15) is 0 Å². The smallest absolute Gasteiger partial charge is 0.280 e. The first-order valence-electron chi connectivity index (χ1n) is 21.7. The molecule has 2 unspecified atom stereocenters. The molecule has 6 aliphatic heterocycles. The van der Waals surface area contributed by atoms with Crippen molar-refractivity contribution in [3.05, 3.63) is 88.0 Å². The molecule has 62 heavy (non-hydrogen) atoms. The molecule has 3 amide bonds. The van der Waals surface area contributed by atoms with E-state index in [-0.39, 0.29) is 42.0 Å². The number of alkyl halides is 2. The van der Waals surface area contributed by atoms with E-state index in [2.05, 4.69) is 26.6 Å². The lowest BCUT2D eigenvalue weighted by atomic mass is 9.81. The number of halogens is 5. The van der Waals surface area contributed by atoms with Crippen LogP contribution in [-0.2, 0) is 22.6 Å². The van der Waals surface area contributed by atoms with Crippen molar-refractivity contribution < 1.29 is 36.4 Å². The fourth-order valence-electron chi connectivity index (χ4n) is 11.1. The van der Waals surface area contributed by atoms with E-state index >= 15 is 8.78 Å². The number of rotatable bonds is 9. The average molecular weight is 861 g/mol. The van der Waals surface area contributed by atoms with Gasteiger partial charge in [0.05, 0.1) is 30.0 Å². The number of carbonyl (C=O) groups excluding carboxylic acids is 3. The molecule has 16 heteroatoms. The number of anilines is 4. The second kappa shape index (κ2) is 16.5. The van der Waals surface area contributed by atoms with E-state index in [1.807, 2.05) is 37.1 Å². The third kappa shape index (κ3) is 7.25. The van der Waals surface area contributed by atoms with Gasteiger partial charge in [0.2, 0.25) is 0 Å². The van der Waals surface area contributed by atoms with Crippen molar-refractivity contribution in [3.63, 3.8) is 0 Å². The fraction of sp³-hybridized carbons (Fsp3) is 0.500. The molecule has 3 aromatic carbocycles. The normalized spacial score (nSPS) is 24.7. The average Bonchev–Trinajstić information content (AvgIpc) is 3.56. The van der Waals surface area contributed by atoms with Gasteiger partial charge in [0, 0.05) is 107 Å². The summed E-state index contributed by atoms with van der Waals surface area (Å²) in [6.07, 6.45) is 1.13. The second-order valence-corrected chi connectivity index (χ2v) is 17.8. The fourth-order valence-corrected chi connectivity index (χ4v) is 11.1. The van der Waals surface area contributed by atoms with Gasteiger partial charge in [-0.25, -0.2) is 17.6 Å². The van der Waals surface area contributed by atoms with Gasteiger partial charge in [-0.15, -0.1) is 5.12 Å². The summed E-state index contributed by atoms with van der Waals surface area (Å²) >= 11 is 0. The topological polar surface area (TPSA) is 85.9 Å². The molecular weight excluding hydrogens is 808 g/mol. The molecule has 11 nitrogen and oxygen atoms in total. The van der Waals surface area contributed by atoms with Crippen LogP contribution in [0.15, 0.2) is 43.0 Å². The Morgan fingerprint density at radius 1 is 0.935 bits per heavy atom. The van der Waals surface area contributed by atoms with Crippen molar-refractivity contribution in [2.24, 2.45) is 5.92 Å². The van der Waals surface area contributed by atoms with Crippen LogP contribution in [0.2, 0.25) is 0 Å². The summed E-state index contributed by atoms with van der Waals surface area (Å²) in [5, 5.41) is 2.78. The summed E-state index contributed by atoms with van der Waals surface area (Å²) in [5.74, 6) is -3.31. The van der Waals surface area contributed by atoms with Crippen molar-refractivity contribution in [1.82, 2.24) is 19.8 Å². The predicted octanol–water partition coefficient (Wildman–Crippen LogP) is 6.47. The zero-order valence-corrected chi connectivity index (χ0v) is 35.4. The lowest BCUT2D eigenvalue weighted by molar-refractivity contribution is -0.170. The van der Waals surface area contributed by atoms with Crippen LogP contribution in [0.25, 0.3) is 6.08 Å². The Balaban J connectivity index is 0.852. The number of hydrogen-bond donors (Lipinski definition) is 1. The lowest BCUT2D eigenvalue weighted by Crippen LogP contribution is -2.60. The maximum Gasteiger partial charge on any atom is 0.280 e. The standard InChI is InChI=1S/C46H53F5N8O3/c1-5-31-34-16-26(2)57(25-41(49)50)44(32(34)6-7-37(31)52-3)43-35(47)18-29(19-36(43)48)55-12-10-27(11-13-55)21-54-14-15-56-30(24-54)23-53(4)39-20-33-28(17-40(39)56)22-58(45(33)61)38-8-9-42(60)59(51)46(38)62/h5-7,17-20,26-27,30,38,41,44,52H,1,8-16,21-25H2,2-4H3/t26?,30-,38?,44+/m1/s1. The van der Waals surface area contributed by atoms with Gasteiger partial charge in [0.1, 0.15) is 17.7 Å². The van der Waals surface area contributed by atoms with Crippen LogP contribution in [0.4, 0.5) is 44.8 Å². The zero-order chi connectivity index (χ0) is 43.7. The number of fused-ring (bicyclic) bond motifs is 5. The highest BCUT2D eigenvalue weighted by Crippen LogP contribution is 2.45. The molecule has 3 aromatic rings. The highest BCUT2D eigenvalue weighted by atomic mass is 19.3. The third-order valence-electron chi connectivity index (χ3n) is 14.3. The quantitative estimate of drug-likeness (QED) is 0.148. The first-order chi connectivity index (χ1) is 29.8. The number of carbonyl (C=O) groups is 3. The van der Waals surface area contributed by atoms with Gasteiger partial charge in [-0.3, -0.25) is 24.2 Å². The number of nitrogens with one attached hydrogen (secondary N) is 1. The van der Waals surface area contributed by atoms with Crippen LogP contribution in [0.3, 0.4) is 0 Å². The molecule has 0 saturated carbocycles. The molecule has 6 heterocycles. The lowest BCUT2D eigenvalue weighted by Gasteiger charge is -2.49. The first kappa shape index (κ1) is 42.1. The summed E-state index contributed by atoms with van der Waals surface area (Å²) in [6.45, 7) is 10.7. The van der Waals surface area contributed by atoms with E-state index < -0.39 is 54.5 Å². The molecule has 1 N–H and O–H groups in total. The van der Waals surface area contributed by atoms with Crippen LogP contribution < -0.4 is 20.0 Å². The molecule has 3 saturated heterocycles. The summed E-state index contributed by atoms with van der Waals surface area (Å²) in [4.78, 5) is 49.9. The van der Waals surface area contributed by atoms with Gasteiger partial charge in [0.15, 0.2) is 0 Å². The van der Waals surface area contributed by atoms with Gasteiger partial charge < -0.3 is 24.9 Å². The second-order valence-electron chi connectivity index (χ2n) is 17.8. The molecule has 0 aromatic heterocycles. The Morgan fingerprint density at radius 3 is 2.37 bits per heavy atom. The van der Waals surface area contributed by atoms with Gasteiger partial charge in [0.25, 0.3) is 24.1 Å². The first-order valence-corrected chi connectivity index (χ1v) is 21.7. The molecule has 4 atom stereocenters. The SMILES string of the molecule is C=Cc1c(NC)ccc2c1CC(C)N(CC(F)F)[C@@H]2c1c(F)cc(N2CCC(CN3CCN4c5cc6c(cc5N(C)C[C@@H]4C3)C(=O)N(C3CCC(=O)N(F)C3=O)C6)CC2)cc1F. The van der Waals surface area contributed by atoms with E-state index in [0.29, 0.717) is 42.2 Å². The van der Waals surface area contributed by atoms with Crippen LogP contribution in [-0.4, -0.2) is 129 Å². The molecule has 0 radical (unpaired) electrons. The monoisotopic (exact) mass is 860 g/mol. The Hall–Kier alpha value is -5.22. The maximum atomic E-state index is 16.4. The van der Waals surface area contributed by atoms with Crippen LogP contribution in [0.5, 0.6) is 0 Å². The van der Waals surface area contributed by atoms with Crippen molar-refractivity contribution in [3.8, 4) is 0 Å². The Morgan fingerprint density at radius 2 is 1.68 bits per heavy atom. The summed E-state index contributed by atoms with van der Waals surface area (Å²) in [7, 11) is 3.79. The molecule has 0 aliphatic carbocycles. The largest absolute Gasteiger partial charge is 0.388 e. The summed E-state index contributed by atoms with van der Waals surface area (Å²) in [5.41, 5.74) is 6.55. The highest BCUT2D eigenvalue weighted by Gasteiger charge is 2.45. The van der Waals surface area contributed by atoms with Crippen LogP contribution >= 0.6 is 0 Å².